The van der Waals surface area contributed by atoms with Crippen molar-refractivity contribution in [1.82, 2.24) is 19.6 Å². The molecule has 1 amide bonds. The molecule has 1 aliphatic rings. The highest BCUT2D eigenvalue weighted by atomic mass is 32.2. The van der Waals surface area contributed by atoms with Crippen LogP contribution in [0.15, 0.2) is 18.2 Å². The number of hydrogen-bond donors (Lipinski definition) is 2. The molecule has 1 fully saturated rings. The number of fused-ring (bicyclic) bond motifs is 1. The zero-order valence-corrected chi connectivity index (χ0v) is 15.3. The molecule has 1 saturated heterocycles. The number of nitrogens with zero attached hydrogens (tertiary/aromatic N) is 2. The van der Waals surface area contributed by atoms with Crippen LogP contribution in [0.2, 0.25) is 0 Å². The molecule has 0 unspecified atom stereocenters. The Hall–Kier alpha value is -1.97. The van der Waals surface area contributed by atoms with E-state index in [-0.39, 0.29) is 23.6 Å². The third kappa shape index (κ3) is 3.83. The van der Waals surface area contributed by atoms with Crippen molar-refractivity contribution in [2.45, 2.75) is 13.0 Å². The largest absolute Gasteiger partial charge is 0.379 e. The van der Waals surface area contributed by atoms with E-state index in [1.807, 2.05) is 6.92 Å². The molecule has 8 nitrogen and oxygen atoms in total. The van der Waals surface area contributed by atoms with Crippen LogP contribution in [0.4, 0.5) is 0 Å². The fourth-order valence-corrected chi connectivity index (χ4v) is 4.04. The van der Waals surface area contributed by atoms with Crippen molar-refractivity contribution in [3.8, 4) is 0 Å². The number of nitrogens with one attached hydrogen (secondary N) is 2. The summed E-state index contributed by atoms with van der Waals surface area (Å²) in [4.78, 5) is 19.9. The molecule has 0 radical (unpaired) electrons. The second kappa shape index (κ2) is 6.74. The van der Waals surface area contributed by atoms with Crippen LogP contribution >= 0.6 is 0 Å². The summed E-state index contributed by atoms with van der Waals surface area (Å²) in [5.74, 6) is 0.209. The molecule has 2 aromatic rings. The Balaban J connectivity index is 1.72. The molecular formula is C16H22N4O4S. The Labute approximate surface area is 146 Å². The monoisotopic (exact) mass is 366 g/mol. The molecule has 0 spiro atoms. The second-order valence-electron chi connectivity index (χ2n) is 6.49. The molecule has 2 N–H and O–H groups in total. The van der Waals surface area contributed by atoms with Crippen molar-refractivity contribution in [2.75, 3.05) is 33.1 Å². The number of rotatable bonds is 5. The van der Waals surface area contributed by atoms with E-state index in [0.29, 0.717) is 18.8 Å². The summed E-state index contributed by atoms with van der Waals surface area (Å²) in [6.07, 6.45) is 0. The summed E-state index contributed by atoms with van der Waals surface area (Å²) < 4.78 is 30.8. The number of hydrogen-bond acceptors (Lipinski definition) is 5. The lowest BCUT2D eigenvalue weighted by Crippen LogP contribution is -2.43. The van der Waals surface area contributed by atoms with Gasteiger partial charge < -0.3 is 15.0 Å². The minimum absolute atomic E-state index is 0.0519. The van der Waals surface area contributed by atoms with Gasteiger partial charge in [-0.05, 0) is 25.1 Å². The van der Waals surface area contributed by atoms with Crippen LogP contribution in [-0.2, 0) is 14.8 Å². The van der Waals surface area contributed by atoms with Crippen LogP contribution in [0.3, 0.4) is 0 Å². The van der Waals surface area contributed by atoms with E-state index in [2.05, 4.69) is 15.3 Å². The number of sulfonamides is 1. The first kappa shape index (κ1) is 17.8. The predicted molar refractivity (Wildman–Crippen MR) is 93.9 cm³/mol. The molecule has 136 valence electrons. The average molecular weight is 366 g/mol. The van der Waals surface area contributed by atoms with E-state index >= 15 is 0 Å². The minimum Gasteiger partial charge on any atom is -0.379 e. The summed E-state index contributed by atoms with van der Waals surface area (Å²) in [6.45, 7) is 2.48. The first-order valence-corrected chi connectivity index (χ1v) is 9.62. The van der Waals surface area contributed by atoms with Crippen molar-refractivity contribution in [2.24, 2.45) is 5.92 Å². The van der Waals surface area contributed by atoms with Crippen molar-refractivity contribution in [1.29, 1.82) is 0 Å². The topological polar surface area (TPSA) is 104 Å². The van der Waals surface area contributed by atoms with Gasteiger partial charge in [-0.2, -0.15) is 0 Å². The summed E-state index contributed by atoms with van der Waals surface area (Å²) in [5.41, 5.74) is 2.09. The Morgan fingerprint density at radius 2 is 2.16 bits per heavy atom. The van der Waals surface area contributed by atoms with Gasteiger partial charge in [0.25, 0.3) is 5.91 Å². The van der Waals surface area contributed by atoms with Crippen molar-refractivity contribution < 1.29 is 17.9 Å². The Morgan fingerprint density at radius 1 is 1.40 bits per heavy atom. The molecule has 9 heteroatoms. The third-order valence-corrected chi connectivity index (χ3v) is 6.32. The molecule has 2 heterocycles. The lowest BCUT2D eigenvalue weighted by Gasteiger charge is -2.21. The summed E-state index contributed by atoms with van der Waals surface area (Å²) >= 11 is 0. The maximum Gasteiger partial charge on any atom is 0.251 e. The van der Waals surface area contributed by atoms with Crippen LogP contribution in [0.1, 0.15) is 16.2 Å². The number of imidazole rings is 1. The summed E-state index contributed by atoms with van der Waals surface area (Å²) in [5, 5.41) is 2.90. The number of aromatic nitrogens is 2. The molecule has 1 aliphatic heterocycles. The quantitative estimate of drug-likeness (QED) is 0.802. The molecule has 0 bridgehead atoms. The normalized spacial score (nSPS) is 21.1. The van der Waals surface area contributed by atoms with Crippen molar-refractivity contribution >= 4 is 27.0 Å². The minimum atomic E-state index is -3.35. The number of ether oxygens (including phenoxy) is 1. The Kier molecular flexibility index (Phi) is 4.81. The van der Waals surface area contributed by atoms with Gasteiger partial charge in [0.15, 0.2) is 0 Å². The number of aromatic amines is 1. The zero-order valence-electron chi connectivity index (χ0n) is 14.4. The Morgan fingerprint density at radius 3 is 2.88 bits per heavy atom. The van der Waals surface area contributed by atoms with Gasteiger partial charge in [0.05, 0.1) is 36.0 Å². The van der Waals surface area contributed by atoms with Gasteiger partial charge in [0.2, 0.25) is 10.0 Å². The SMILES string of the molecule is Cc1nc2ccc(C(=O)N[C@@H]3COC[C@H]3CS(=O)(=O)N(C)C)cc2[nH]1. The molecule has 25 heavy (non-hydrogen) atoms. The standard InChI is InChI=1S/C16H22N4O4S/c1-10-17-13-5-4-11(6-14(13)18-10)16(21)19-15-8-24-7-12(15)9-25(22,23)20(2)3/h4-6,12,15H,7-9H2,1-3H3,(H,17,18)(H,19,21)/t12-,15+/m0/s1. The summed E-state index contributed by atoms with van der Waals surface area (Å²) in [6, 6.07) is 4.90. The van der Waals surface area contributed by atoms with Crippen LogP contribution in [0, 0.1) is 12.8 Å². The summed E-state index contributed by atoms with van der Waals surface area (Å²) in [7, 11) is -0.352. The van der Waals surface area contributed by atoms with Gasteiger partial charge >= 0.3 is 0 Å². The highest BCUT2D eigenvalue weighted by molar-refractivity contribution is 7.89. The fourth-order valence-electron chi connectivity index (χ4n) is 2.87. The smallest absolute Gasteiger partial charge is 0.251 e. The van der Waals surface area contributed by atoms with E-state index in [1.54, 1.807) is 18.2 Å². The van der Waals surface area contributed by atoms with Crippen LogP contribution < -0.4 is 5.32 Å². The van der Waals surface area contributed by atoms with Gasteiger partial charge in [-0.1, -0.05) is 0 Å². The number of aryl methyl sites for hydroxylation is 1. The van der Waals surface area contributed by atoms with Crippen LogP contribution in [-0.4, -0.2) is 67.7 Å². The van der Waals surface area contributed by atoms with E-state index in [9.17, 15) is 13.2 Å². The number of carbonyl (C=O) groups excluding carboxylic acids is 1. The van der Waals surface area contributed by atoms with E-state index in [0.717, 1.165) is 16.9 Å². The fraction of sp³-hybridized carbons (Fsp3) is 0.500. The van der Waals surface area contributed by atoms with E-state index in [1.165, 1.54) is 18.4 Å². The first-order valence-electron chi connectivity index (χ1n) is 8.01. The molecule has 1 aromatic heterocycles. The second-order valence-corrected chi connectivity index (χ2v) is 8.72. The van der Waals surface area contributed by atoms with Crippen molar-refractivity contribution in [3.63, 3.8) is 0 Å². The number of carbonyl (C=O) groups is 1. The zero-order chi connectivity index (χ0) is 18.2. The van der Waals surface area contributed by atoms with Gasteiger partial charge in [0.1, 0.15) is 5.82 Å². The lowest BCUT2D eigenvalue weighted by molar-refractivity contribution is 0.0926. The average Bonchev–Trinajstić information content (AvgIpc) is 3.11. The molecule has 1 aromatic carbocycles. The number of amides is 1. The van der Waals surface area contributed by atoms with Gasteiger partial charge in [-0.15, -0.1) is 0 Å². The Bertz CT molecular complexity index is 891. The molecular weight excluding hydrogens is 344 g/mol. The van der Waals surface area contributed by atoms with Crippen LogP contribution in [0.5, 0.6) is 0 Å². The van der Waals surface area contributed by atoms with Gasteiger partial charge in [0, 0.05) is 25.6 Å². The van der Waals surface area contributed by atoms with Gasteiger partial charge in [-0.25, -0.2) is 17.7 Å². The highest BCUT2D eigenvalue weighted by Gasteiger charge is 2.34. The number of benzene rings is 1. The molecule has 0 saturated carbocycles. The molecule has 2 atom stereocenters. The predicted octanol–water partition coefficient (Wildman–Crippen LogP) is 0.508. The van der Waals surface area contributed by atoms with Crippen LogP contribution in [0.25, 0.3) is 11.0 Å². The lowest BCUT2D eigenvalue weighted by atomic mass is 10.1. The maximum absolute atomic E-state index is 12.5. The first-order chi connectivity index (χ1) is 11.8. The molecule has 0 aliphatic carbocycles. The van der Waals surface area contributed by atoms with Crippen molar-refractivity contribution in [3.05, 3.63) is 29.6 Å². The third-order valence-electron chi connectivity index (χ3n) is 4.36. The van der Waals surface area contributed by atoms with E-state index < -0.39 is 10.0 Å². The highest BCUT2D eigenvalue weighted by Crippen LogP contribution is 2.19. The van der Waals surface area contributed by atoms with E-state index in [4.69, 9.17) is 4.74 Å². The van der Waals surface area contributed by atoms with Gasteiger partial charge in [-0.3, -0.25) is 4.79 Å². The number of H-pyrrole nitrogens is 1. The maximum atomic E-state index is 12.5. The molecule has 3 rings (SSSR count).